The lowest BCUT2D eigenvalue weighted by atomic mass is 9.85. The molecule has 28 heavy (non-hydrogen) atoms. The van der Waals surface area contributed by atoms with Crippen LogP contribution in [0.3, 0.4) is 0 Å². The summed E-state index contributed by atoms with van der Waals surface area (Å²) in [4.78, 5) is 16.0. The Morgan fingerprint density at radius 3 is 2.32 bits per heavy atom. The lowest BCUT2D eigenvalue weighted by Crippen LogP contribution is -2.46. The third-order valence-electron chi connectivity index (χ3n) is 4.79. The molecule has 0 aliphatic heterocycles. The summed E-state index contributed by atoms with van der Waals surface area (Å²) in [6.45, 7) is 5.33. The van der Waals surface area contributed by atoms with Crippen LogP contribution in [0.25, 0.3) is 0 Å². The van der Waals surface area contributed by atoms with Crippen molar-refractivity contribution in [3.05, 3.63) is 71.5 Å². The number of primary amides is 1. The fraction of sp³-hybridized carbons (Fsp3) is 0.364. The molecule has 0 aliphatic carbocycles. The van der Waals surface area contributed by atoms with E-state index < -0.39 is 11.8 Å². The van der Waals surface area contributed by atoms with Crippen LogP contribution in [0.2, 0.25) is 0 Å². The molecule has 1 atom stereocenters. The predicted molar refractivity (Wildman–Crippen MR) is 112 cm³/mol. The van der Waals surface area contributed by atoms with Gasteiger partial charge in [-0.1, -0.05) is 56.3 Å². The van der Waals surface area contributed by atoms with Crippen molar-refractivity contribution in [3.63, 3.8) is 0 Å². The zero-order valence-corrected chi connectivity index (χ0v) is 16.7. The summed E-state index contributed by atoms with van der Waals surface area (Å²) in [5.74, 6) is -0.527. The number of aliphatic imine (C=N–C) groups is 1. The Hall–Kier alpha value is -2.89. The first-order valence-electron chi connectivity index (χ1n) is 9.35. The third kappa shape index (κ3) is 6.37. The SMILES string of the molecule is CN=C(NCC(Cc1ccc(F)cc1)C(N)=O)NCC(C)(C)c1ccccc1. The molecule has 1 unspecified atom stereocenters. The molecule has 0 bridgehead atoms. The molecule has 150 valence electrons. The number of carbonyl (C=O) groups is 1. The first-order valence-corrected chi connectivity index (χ1v) is 9.35. The quantitative estimate of drug-likeness (QED) is 0.483. The number of nitrogens with two attached hydrogens (primary N) is 1. The predicted octanol–water partition coefficient (Wildman–Crippen LogP) is 2.61. The highest BCUT2D eigenvalue weighted by atomic mass is 19.1. The average molecular weight is 384 g/mol. The van der Waals surface area contributed by atoms with Crippen molar-refractivity contribution in [2.75, 3.05) is 20.1 Å². The van der Waals surface area contributed by atoms with Gasteiger partial charge in [0.1, 0.15) is 5.82 Å². The van der Waals surface area contributed by atoms with Crippen molar-refractivity contribution in [1.82, 2.24) is 10.6 Å². The second-order valence-corrected chi connectivity index (χ2v) is 7.49. The van der Waals surface area contributed by atoms with Crippen molar-refractivity contribution >= 4 is 11.9 Å². The molecule has 0 fully saturated rings. The normalized spacial score (nSPS) is 13.1. The topological polar surface area (TPSA) is 79.5 Å². The lowest BCUT2D eigenvalue weighted by Gasteiger charge is -2.27. The van der Waals surface area contributed by atoms with Crippen LogP contribution in [-0.2, 0) is 16.6 Å². The van der Waals surface area contributed by atoms with Gasteiger partial charge < -0.3 is 16.4 Å². The number of amides is 1. The van der Waals surface area contributed by atoms with E-state index in [2.05, 4.69) is 41.6 Å². The first kappa shape index (κ1) is 21.4. The number of nitrogens with zero attached hydrogens (tertiary/aromatic N) is 1. The molecule has 0 radical (unpaired) electrons. The fourth-order valence-electron chi connectivity index (χ4n) is 2.91. The van der Waals surface area contributed by atoms with Gasteiger partial charge in [0.05, 0.1) is 5.92 Å². The molecular formula is C22H29FN4O. The van der Waals surface area contributed by atoms with Crippen LogP contribution >= 0.6 is 0 Å². The Bertz CT molecular complexity index is 788. The maximum atomic E-state index is 13.1. The Balaban J connectivity index is 1.92. The highest BCUT2D eigenvalue weighted by molar-refractivity contribution is 5.81. The minimum absolute atomic E-state index is 0.0872. The van der Waals surface area contributed by atoms with Gasteiger partial charge in [0, 0.05) is 25.6 Å². The molecule has 2 aromatic rings. The zero-order chi connectivity index (χ0) is 20.6. The number of guanidine groups is 1. The average Bonchev–Trinajstić information content (AvgIpc) is 2.69. The van der Waals surface area contributed by atoms with E-state index in [9.17, 15) is 9.18 Å². The number of rotatable bonds is 8. The monoisotopic (exact) mass is 384 g/mol. The molecule has 5 nitrogen and oxygen atoms in total. The van der Waals surface area contributed by atoms with Gasteiger partial charge in [0.15, 0.2) is 5.96 Å². The first-order chi connectivity index (χ1) is 13.3. The van der Waals surface area contributed by atoms with Crippen molar-refractivity contribution in [2.24, 2.45) is 16.6 Å². The van der Waals surface area contributed by atoms with E-state index >= 15 is 0 Å². The standard InChI is InChI=1S/C22H29FN4O/c1-22(2,18-7-5-4-6-8-18)15-27-21(25-3)26-14-17(20(24)28)13-16-9-11-19(23)12-10-16/h4-12,17H,13-15H2,1-3H3,(H2,24,28)(H2,25,26,27). The smallest absolute Gasteiger partial charge is 0.222 e. The van der Waals surface area contributed by atoms with Crippen molar-refractivity contribution in [2.45, 2.75) is 25.7 Å². The molecule has 0 aliphatic rings. The Morgan fingerprint density at radius 2 is 1.75 bits per heavy atom. The highest BCUT2D eigenvalue weighted by Gasteiger charge is 2.21. The number of hydrogen-bond donors (Lipinski definition) is 3. The van der Waals surface area contributed by atoms with Gasteiger partial charge in [-0.15, -0.1) is 0 Å². The molecule has 2 rings (SSSR count). The third-order valence-corrected chi connectivity index (χ3v) is 4.79. The molecular weight excluding hydrogens is 355 g/mol. The van der Waals surface area contributed by atoms with Crippen LogP contribution in [-0.4, -0.2) is 32.0 Å². The number of benzene rings is 2. The van der Waals surface area contributed by atoms with Gasteiger partial charge in [-0.25, -0.2) is 4.39 Å². The number of hydrogen-bond acceptors (Lipinski definition) is 2. The zero-order valence-electron chi connectivity index (χ0n) is 16.7. The van der Waals surface area contributed by atoms with Crippen LogP contribution in [0.1, 0.15) is 25.0 Å². The minimum Gasteiger partial charge on any atom is -0.369 e. The molecule has 2 aromatic carbocycles. The summed E-state index contributed by atoms with van der Waals surface area (Å²) in [6, 6.07) is 16.3. The second kappa shape index (κ2) is 9.88. The number of nitrogens with one attached hydrogen (secondary N) is 2. The van der Waals surface area contributed by atoms with E-state index in [0.717, 1.165) is 5.56 Å². The number of halogens is 1. The Morgan fingerprint density at radius 1 is 1.11 bits per heavy atom. The fourth-order valence-corrected chi connectivity index (χ4v) is 2.91. The molecule has 0 saturated heterocycles. The van der Waals surface area contributed by atoms with E-state index in [1.165, 1.54) is 17.7 Å². The Kier molecular flexibility index (Phi) is 7.55. The maximum Gasteiger partial charge on any atom is 0.222 e. The largest absolute Gasteiger partial charge is 0.369 e. The summed E-state index contributed by atoms with van der Waals surface area (Å²) >= 11 is 0. The summed E-state index contributed by atoms with van der Waals surface area (Å²) in [6.07, 6.45) is 0.440. The van der Waals surface area contributed by atoms with E-state index in [0.29, 0.717) is 25.5 Å². The van der Waals surface area contributed by atoms with Crippen LogP contribution in [0, 0.1) is 11.7 Å². The summed E-state index contributed by atoms with van der Waals surface area (Å²) in [5.41, 5.74) is 7.55. The lowest BCUT2D eigenvalue weighted by molar-refractivity contribution is -0.121. The van der Waals surface area contributed by atoms with Gasteiger partial charge in [-0.3, -0.25) is 9.79 Å². The van der Waals surface area contributed by atoms with Gasteiger partial charge in [0.2, 0.25) is 5.91 Å². The molecule has 0 saturated carbocycles. The van der Waals surface area contributed by atoms with Crippen LogP contribution < -0.4 is 16.4 Å². The van der Waals surface area contributed by atoms with Crippen molar-refractivity contribution in [3.8, 4) is 0 Å². The number of carbonyl (C=O) groups excluding carboxylic acids is 1. The van der Waals surface area contributed by atoms with Crippen LogP contribution in [0.15, 0.2) is 59.6 Å². The van der Waals surface area contributed by atoms with Gasteiger partial charge in [-0.05, 0) is 29.7 Å². The van der Waals surface area contributed by atoms with Gasteiger partial charge in [-0.2, -0.15) is 0 Å². The molecule has 0 spiro atoms. The molecule has 1 amide bonds. The molecule has 4 N–H and O–H groups in total. The molecule has 6 heteroatoms. The summed E-state index contributed by atoms with van der Waals surface area (Å²) < 4.78 is 13.1. The molecule has 0 heterocycles. The van der Waals surface area contributed by atoms with Crippen LogP contribution in [0.5, 0.6) is 0 Å². The second-order valence-electron chi connectivity index (χ2n) is 7.49. The van der Waals surface area contributed by atoms with Gasteiger partial charge in [0.25, 0.3) is 0 Å². The van der Waals surface area contributed by atoms with Gasteiger partial charge >= 0.3 is 0 Å². The molecule has 0 aromatic heterocycles. The van der Waals surface area contributed by atoms with E-state index in [1.807, 2.05) is 18.2 Å². The van der Waals surface area contributed by atoms with E-state index in [-0.39, 0.29) is 11.2 Å². The summed E-state index contributed by atoms with van der Waals surface area (Å²) in [7, 11) is 1.68. The summed E-state index contributed by atoms with van der Waals surface area (Å²) in [5, 5.41) is 6.48. The van der Waals surface area contributed by atoms with E-state index in [1.54, 1.807) is 19.2 Å². The van der Waals surface area contributed by atoms with Crippen molar-refractivity contribution in [1.29, 1.82) is 0 Å². The maximum absolute atomic E-state index is 13.1. The van der Waals surface area contributed by atoms with Crippen LogP contribution in [0.4, 0.5) is 4.39 Å². The highest BCUT2D eigenvalue weighted by Crippen LogP contribution is 2.21. The minimum atomic E-state index is -0.425. The van der Waals surface area contributed by atoms with E-state index in [4.69, 9.17) is 5.73 Å². The Labute approximate surface area is 166 Å². The van der Waals surface area contributed by atoms with Crippen molar-refractivity contribution < 1.29 is 9.18 Å².